The third-order valence-electron chi connectivity index (χ3n) is 2.67. The van der Waals surface area contributed by atoms with Crippen LogP contribution in [0.1, 0.15) is 12.5 Å². The minimum Gasteiger partial charge on any atom is -0.453 e. The Labute approximate surface area is 134 Å². The number of benzene rings is 2. The zero-order chi connectivity index (χ0) is 14.7. The summed E-state index contributed by atoms with van der Waals surface area (Å²) in [7, 11) is 0. The minimum absolute atomic E-state index is 0.0950. The number of ether oxygens (including phenoxy) is 1. The molecule has 1 unspecified atom stereocenters. The predicted octanol–water partition coefficient (Wildman–Crippen LogP) is 5.03. The first kappa shape index (κ1) is 15.5. The first-order valence-corrected chi connectivity index (χ1v) is 7.71. The molecule has 20 heavy (non-hydrogen) atoms. The van der Waals surface area contributed by atoms with Crippen LogP contribution in [0.15, 0.2) is 45.3 Å². The van der Waals surface area contributed by atoms with E-state index >= 15 is 0 Å². The lowest BCUT2D eigenvalue weighted by molar-refractivity contribution is 0.439. The molecule has 0 radical (unpaired) electrons. The van der Waals surface area contributed by atoms with E-state index in [1.54, 1.807) is 12.1 Å². The van der Waals surface area contributed by atoms with Crippen molar-refractivity contribution in [2.45, 2.75) is 19.4 Å². The van der Waals surface area contributed by atoms with Crippen molar-refractivity contribution in [3.8, 4) is 11.5 Å². The molecule has 2 rings (SSSR count). The highest BCUT2D eigenvalue weighted by Gasteiger charge is 2.09. The molecule has 0 fully saturated rings. The van der Waals surface area contributed by atoms with E-state index in [1.165, 1.54) is 6.07 Å². The van der Waals surface area contributed by atoms with Crippen LogP contribution in [0.4, 0.5) is 4.39 Å². The van der Waals surface area contributed by atoms with Gasteiger partial charge in [-0.2, -0.15) is 0 Å². The van der Waals surface area contributed by atoms with E-state index in [4.69, 9.17) is 10.5 Å². The number of halogens is 3. The van der Waals surface area contributed by atoms with Crippen LogP contribution in [0.25, 0.3) is 0 Å². The Kier molecular flexibility index (Phi) is 5.18. The molecule has 5 heteroatoms. The van der Waals surface area contributed by atoms with Gasteiger partial charge < -0.3 is 10.5 Å². The van der Waals surface area contributed by atoms with Gasteiger partial charge in [-0.15, -0.1) is 0 Å². The summed E-state index contributed by atoms with van der Waals surface area (Å²) in [5.74, 6) is 0.347. The van der Waals surface area contributed by atoms with E-state index < -0.39 is 5.82 Å². The Morgan fingerprint density at radius 3 is 2.45 bits per heavy atom. The van der Waals surface area contributed by atoms with Crippen molar-refractivity contribution in [3.63, 3.8) is 0 Å². The maximum Gasteiger partial charge on any atom is 0.166 e. The van der Waals surface area contributed by atoms with Crippen molar-refractivity contribution in [1.82, 2.24) is 0 Å². The minimum atomic E-state index is -0.411. The van der Waals surface area contributed by atoms with Gasteiger partial charge in [0, 0.05) is 10.5 Å². The van der Waals surface area contributed by atoms with Crippen LogP contribution in [0.2, 0.25) is 0 Å². The normalized spacial score (nSPS) is 12.2. The van der Waals surface area contributed by atoms with Crippen LogP contribution >= 0.6 is 31.9 Å². The van der Waals surface area contributed by atoms with Gasteiger partial charge in [0.05, 0.1) is 4.47 Å². The van der Waals surface area contributed by atoms with Crippen molar-refractivity contribution in [3.05, 3.63) is 56.7 Å². The molecule has 0 saturated heterocycles. The van der Waals surface area contributed by atoms with Gasteiger partial charge in [0.15, 0.2) is 11.6 Å². The topological polar surface area (TPSA) is 35.2 Å². The fourth-order valence-corrected chi connectivity index (χ4v) is 2.64. The second-order valence-electron chi connectivity index (χ2n) is 4.62. The monoisotopic (exact) mass is 401 g/mol. The van der Waals surface area contributed by atoms with Gasteiger partial charge in [-0.1, -0.05) is 22.0 Å². The van der Waals surface area contributed by atoms with Crippen LogP contribution < -0.4 is 10.5 Å². The second-order valence-corrected chi connectivity index (χ2v) is 6.39. The Balaban J connectivity index is 2.21. The van der Waals surface area contributed by atoms with E-state index in [-0.39, 0.29) is 11.8 Å². The third kappa shape index (κ3) is 4.04. The number of hydrogen-bond donors (Lipinski definition) is 1. The Bertz CT molecular complexity index is 617. The average molecular weight is 403 g/mol. The lowest BCUT2D eigenvalue weighted by atomic mass is 10.1. The molecule has 0 spiro atoms. The molecule has 0 aliphatic carbocycles. The summed E-state index contributed by atoms with van der Waals surface area (Å²) in [4.78, 5) is 0. The Hall–Kier alpha value is -0.910. The summed E-state index contributed by atoms with van der Waals surface area (Å²) in [6.45, 7) is 1.95. The highest BCUT2D eigenvalue weighted by atomic mass is 79.9. The maximum atomic E-state index is 13.7. The van der Waals surface area contributed by atoms with E-state index in [9.17, 15) is 4.39 Å². The van der Waals surface area contributed by atoms with E-state index in [1.807, 2.05) is 25.1 Å². The lowest BCUT2D eigenvalue weighted by Crippen LogP contribution is -2.17. The molecule has 2 N–H and O–H groups in total. The second kappa shape index (κ2) is 6.70. The lowest BCUT2D eigenvalue weighted by Gasteiger charge is -2.11. The van der Waals surface area contributed by atoms with Crippen LogP contribution in [0.3, 0.4) is 0 Å². The molecule has 1 atom stereocenters. The highest BCUT2D eigenvalue weighted by Crippen LogP contribution is 2.32. The van der Waals surface area contributed by atoms with Gasteiger partial charge in [0.2, 0.25) is 0 Å². The number of nitrogens with two attached hydrogens (primary N) is 1. The van der Waals surface area contributed by atoms with Crippen LogP contribution in [-0.2, 0) is 6.42 Å². The van der Waals surface area contributed by atoms with Crippen molar-refractivity contribution in [2.24, 2.45) is 5.73 Å². The molecular formula is C15H14Br2FNO. The molecule has 0 aliphatic heterocycles. The van der Waals surface area contributed by atoms with Crippen LogP contribution in [0.5, 0.6) is 11.5 Å². The Morgan fingerprint density at radius 1 is 1.15 bits per heavy atom. The molecule has 2 aromatic carbocycles. The van der Waals surface area contributed by atoms with E-state index in [0.29, 0.717) is 10.2 Å². The molecule has 0 heterocycles. The van der Waals surface area contributed by atoms with Gasteiger partial charge in [-0.05, 0) is 65.2 Å². The zero-order valence-corrected chi connectivity index (χ0v) is 14.0. The van der Waals surface area contributed by atoms with Gasteiger partial charge in [-0.25, -0.2) is 4.39 Å². The molecule has 2 nitrogen and oxygen atoms in total. The van der Waals surface area contributed by atoms with Crippen molar-refractivity contribution in [1.29, 1.82) is 0 Å². The van der Waals surface area contributed by atoms with Crippen LogP contribution in [0, 0.1) is 5.82 Å². The average Bonchev–Trinajstić information content (AvgIpc) is 2.34. The van der Waals surface area contributed by atoms with E-state index in [2.05, 4.69) is 31.9 Å². The summed E-state index contributed by atoms with van der Waals surface area (Å²) in [6, 6.07) is 10.5. The molecule has 0 saturated carbocycles. The summed E-state index contributed by atoms with van der Waals surface area (Å²) >= 11 is 6.65. The first-order chi connectivity index (χ1) is 9.45. The number of hydrogen-bond acceptors (Lipinski definition) is 2. The third-order valence-corrected chi connectivity index (χ3v) is 3.78. The summed E-state index contributed by atoms with van der Waals surface area (Å²) < 4.78 is 20.8. The van der Waals surface area contributed by atoms with Crippen molar-refractivity contribution >= 4 is 31.9 Å². The standard InChI is InChI=1S/C15H14Br2FNO/c1-9(19)6-10-2-4-14(12(17)7-10)20-15-5-3-11(16)8-13(15)18/h2-5,7-9H,6,19H2,1H3. The molecule has 0 aromatic heterocycles. The molecule has 2 aromatic rings. The quantitative estimate of drug-likeness (QED) is 0.777. The largest absolute Gasteiger partial charge is 0.453 e. The maximum absolute atomic E-state index is 13.7. The molecular weight excluding hydrogens is 389 g/mol. The van der Waals surface area contributed by atoms with Gasteiger partial charge >= 0.3 is 0 Å². The van der Waals surface area contributed by atoms with Crippen LogP contribution in [-0.4, -0.2) is 6.04 Å². The predicted molar refractivity (Wildman–Crippen MR) is 85.7 cm³/mol. The van der Waals surface area contributed by atoms with Gasteiger partial charge in [0.1, 0.15) is 5.75 Å². The highest BCUT2D eigenvalue weighted by molar-refractivity contribution is 9.10. The summed E-state index contributed by atoms with van der Waals surface area (Å²) in [5, 5.41) is 0. The molecule has 0 bridgehead atoms. The first-order valence-electron chi connectivity index (χ1n) is 6.12. The Morgan fingerprint density at radius 2 is 1.85 bits per heavy atom. The zero-order valence-electron chi connectivity index (χ0n) is 10.9. The molecule has 106 valence electrons. The van der Waals surface area contributed by atoms with Gasteiger partial charge in [-0.3, -0.25) is 0 Å². The van der Waals surface area contributed by atoms with Crippen molar-refractivity contribution < 1.29 is 9.13 Å². The summed E-state index contributed by atoms with van der Waals surface area (Å²) in [6.07, 6.45) is 0.783. The summed E-state index contributed by atoms with van der Waals surface area (Å²) in [5.41, 5.74) is 6.88. The van der Waals surface area contributed by atoms with Crippen molar-refractivity contribution in [2.75, 3.05) is 0 Å². The smallest absolute Gasteiger partial charge is 0.166 e. The fourth-order valence-electron chi connectivity index (χ4n) is 1.80. The van der Waals surface area contributed by atoms with E-state index in [0.717, 1.165) is 16.5 Å². The molecule has 0 aliphatic rings. The SMILES string of the molecule is CC(N)Cc1ccc(Oc2ccc(Br)cc2F)c(Br)c1. The van der Waals surface area contributed by atoms with Gasteiger partial charge in [0.25, 0.3) is 0 Å². The molecule has 0 amide bonds. The number of rotatable bonds is 4. The fraction of sp³-hybridized carbons (Fsp3) is 0.200.